The highest BCUT2D eigenvalue weighted by Gasteiger charge is 2.42. The molecule has 4 nitrogen and oxygen atoms in total. The van der Waals surface area contributed by atoms with Crippen LogP contribution in [0.1, 0.15) is 39.0 Å². The van der Waals surface area contributed by atoms with Crippen LogP contribution >= 0.6 is 0 Å². The second kappa shape index (κ2) is 6.73. The van der Waals surface area contributed by atoms with E-state index in [2.05, 4.69) is 6.92 Å². The molecule has 0 N–H and O–H groups in total. The molecule has 2 aliphatic carbocycles. The van der Waals surface area contributed by atoms with E-state index in [-0.39, 0.29) is 17.8 Å². The summed E-state index contributed by atoms with van der Waals surface area (Å²) in [5.41, 5.74) is 1.01. The molecule has 2 bridgehead atoms. The van der Waals surface area contributed by atoms with Crippen molar-refractivity contribution in [2.24, 2.45) is 11.8 Å². The third kappa shape index (κ3) is 2.94. The highest BCUT2D eigenvalue weighted by atomic mass is 16.5. The fourth-order valence-corrected chi connectivity index (χ4v) is 2.93. The minimum atomic E-state index is -0.403. The van der Waals surface area contributed by atoms with E-state index in [0.29, 0.717) is 17.8 Å². The van der Waals surface area contributed by atoms with Gasteiger partial charge in [0.05, 0.1) is 24.9 Å². The smallest absolute Gasteiger partial charge is 0.335 e. The van der Waals surface area contributed by atoms with Crippen LogP contribution < -0.4 is 0 Å². The Kier molecular flexibility index (Phi) is 4.99. The fraction of sp³-hybridized carbons (Fsp3) is 0.625. The molecule has 0 aromatic heterocycles. The van der Waals surface area contributed by atoms with Crippen LogP contribution in [-0.2, 0) is 19.1 Å². The van der Waals surface area contributed by atoms with E-state index in [1.807, 2.05) is 12.2 Å². The average Bonchev–Trinajstić information content (AvgIpc) is 3.06. The lowest BCUT2D eigenvalue weighted by Crippen LogP contribution is -2.19. The quantitative estimate of drug-likeness (QED) is 0.408. The molecular formula is C16H22O4. The standard InChI is InChI=1S/C16H22O4/c1-3-4-5-6-9-20-16(18)14-12-8-7-11(10-12)13(14)15(17)19-2/h7-8,11-12H,3-6,9-10H2,1-2H3. The van der Waals surface area contributed by atoms with Crippen molar-refractivity contribution in [3.05, 3.63) is 23.3 Å². The highest BCUT2D eigenvalue weighted by Crippen LogP contribution is 2.44. The maximum absolute atomic E-state index is 12.2. The fourth-order valence-electron chi connectivity index (χ4n) is 2.93. The van der Waals surface area contributed by atoms with Gasteiger partial charge in [0.25, 0.3) is 0 Å². The van der Waals surface area contributed by atoms with E-state index in [9.17, 15) is 9.59 Å². The molecule has 110 valence electrons. The summed E-state index contributed by atoms with van der Waals surface area (Å²) >= 11 is 0. The molecule has 0 aliphatic heterocycles. The van der Waals surface area contributed by atoms with E-state index in [1.54, 1.807) is 0 Å². The van der Waals surface area contributed by atoms with Crippen LogP contribution in [0.4, 0.5) is 0 Å². The van der Waals surface area contributed by atoms with Gasteiger partial charge >= 0.3 is 11.9 Å². The van der Waals surface area contributed by atoms with Gasteiger partial charge in [-0.1, -0.05) is 38.3 Å². The van der Waals surface area contributed by atoms with Crippen LogP contribution in [-0.4, -0.2) is 25.7 Å². The van der Waals surface area contributed by atoms with E-state index >= 15 is 0 Å². The first-order valence-corrected chi connectivity index (χ1v) is 7.36. The lowest BCUT2D eigenvalue weighted by atomic mass is 9.97. The van der Waals surface area contributed by atoms with Crippen molar-refractivity contribution in [3.63, 3.8) is 0 Å². The van der Waals surface area contributed by atoms with E-state index in [0.717, 1.165) is 32.1 Å². The number of hydrogen-bond donors (Lipinski definition) is 0. The van der Waals surface area contributed by atoms with Gasteiger partial charge in [-0.05, 0) is 12.8 Å². The molecule has 0 heterocycles. The van der Waals surface area contributed by atoms with Gasteiger partial charge in [0.15, 0.2) is 0 Å². The number of rotatable bonds is 7. The molecule has 2 aliphatic rings. The Morgan fingerprint density at radius 1 is 1.10 bits per heavy atom. The van der Waals surface area contributed by atoms with Gasteiger partial charge in [-0.25, -0.2) is 9.59 Å². The second-order valence-electron chi connectivity index (χ2n) is 5.35. The Balaban J connectivity index is 1.96. The lowest BCUT2D eigenvalue weighted by Gasteiger charge is -2.14. The molecule has 2 atom stereocenters. The van der Waals surface area contributed by atoms with Crippen LogP contribution in [0.3, 0.4) is 0 Å². The second-order valence-corrected chi connectivity index (χ2v) is 5.35. The minimum Gasteiger partial charge on any atom is -0.466 e. The molecule has 2 unspecified atom stereocenters. The number of hydrogen-bond acceptors (Lipinski definition) is 4. The number of esters is 2. The molecule has 0 aromatic rings. The van der Waals surface area contributed by atoms with Crippen molar-refractivity contribution in [1.29, 1.82) is 0 Å². The number of ether oxygens (including phenoxy) is 2. The number of methoxy groups -OCH3 is 1. The average molecular weight is 278 g/mol. The molecule has 4 heteroatoms. The molecule has 0 aromatic carbocycles. The van der Waals surface area contributed by atoms with Crippen LogP contribution in [0.25, 0.3) is 0 Å². The number of unbranched alkanes of at least 4 members (excludes halogenated alkanes) is 3. The van der Waals surface area contributed by atoms with E-state index in [4.69, 9.17) is 9.47 Å². The molecule has 20 heavy (non-hydrogen) atoms. The molecule has 0 saturated carbocycles. The van der Waals surface area contributed by atoms with Crippen molar-refractivity contribution in [1.82, 2.24) is 0 Å². The Morgan fingerprint density at radius 3 is 2.35 bits per heavy atom. The van der Waals surface area contributed by atoms with Crippen LogP contribution in [0.5, 0.6) is 0 Å². The number of allylic oxidation sites excluding steroid dienone is 2. The van der Waals surface area contributed by atoms with Gasteiger partial charge in [-0.15, -0.1) is 0 Å². The summed E-state index contributed by atoms with van der Waals surface area (Å²) in [5.74, 6) is -0.703. The molecule has 0 spiro atoms. The summed E-state index contributed by atoms with van der Waals surface area (Å²) < 4.78 is 10.1. The summed E-state index contributed by atoms with van der Waals surface area (Å²) in [7, 11) is 1.35. The first-order chi connectivity index (χ1) is 9.69. The SMILES string of the molecule is CCCCCCOC(=O)C1=C(C(=O)OC)C2C=CC1C2. The van der Waals surface area contributed by atoms with Gasteiger partial charge < -0.3 is 9.47 Å². The zero-order valence-electron chi connectivity index (χ0n) is 12.2. The first kappa shape index (κ1) is 14.8. The normalized spacial score (nSPS) is 23.3. The third-order valence-electron chi connectivity index (χ3n) is 3.97. The molecule has 0 saturated heterocycles. The van der Waals surface area contributed by atoms with Gasteiger partial charge in [0, 0.05) is 11.8 Å². The summed E-state index contributed by atoms with van der Waals surface area (Å²) in [6.07, 6.45) is 9.02. The Bertz CT molecular complexity index is 447. The third-order valence-corrected chi connectivity index (χ3v) is 3.97. The number of carbonyl (C=O) groups excluding carboxylic acids is 2. The zero-order chi connectivity index (χ0) is 14.5. The number of fused-ring (bicyclic) bond motifs is 2. The van der Waals surface area contributed by atoms with Crippen molar-refractivity contribution >= 4 is 11.9 Å². The van der Waals surface area contributed by atoms with Gasteiger partial charge in [0.2, 0.25) is 0 Å². The Labute approximate surface area is 119 Å². The van der Waals surface area contributed by atoms with Crippen LogP contribution in [0, 0.1) is 11.8 Å². The lowest BCUT2D eigenvalue weighted by molar-refractivity contribution is -0.141. The van der Waals surface area contributed by atoms with Gasteiger partial charge in [0.1, 0.15) is 0 Å². The zero-order valence-corrected chi connectivity index (χ0v) is 12.2. The topological polar surface area (TPSA) is 52.6 Å². The van der Waals surface area contributed by atoms with Crippen LogP contribution in [0.2, 0.25) is 0 Å². The van der Waals surface area contributed by atoms with Crippen molar-refractivity contribution in [3.8, 4) is 0 Å². The first-order valence-electron chi connectivity index (χ1n) is 7.36. The monoisotopic (exact) mass is 278 g/mol. The molecular weight excluding hydrogens is 256 g/mol. The highest BCUT2D eigenvalue weighted by molar-refractivity contribution is 6.03. The largest absolute Gasteiger partial charge is 0.466 e. The predicted octanol–water partition coefficient (Wildman–Crippen LogP) is 2.79. The minimum absolute atomic E-state index is 0.0232. The number of carbonyl (C=O) groups is 2. The van der Waals surface area contributed by atoms with Crippen LogP contribution in [0.15, 0.2) is 23.3 Å². The molecule has 0 radical (unpaired) electrons. The summed E-state index contributed by atoms with van der Waals surface area (Å²) in [6.45, 7) is 2.57. The van der Waals surface area contributed by atoms with E-state index < -0.39 is 5.97 Å². The van der Waals surface area contributed by atoms with Crippen molar-refractivity contribution < 1.29 is 19.1 Å². The van der Waals surface area contributed by atoms with Crippen molar-refractivity contribution in [2.75, 3.05) is 13.7 Å². The molecule has 0 amide bonds. The Morgan fingerprint density at radius 2 is 1.75 bits per heavy atom. The summed E-state index contributed by atoms with van der Waals surface area (Å²) in [4.78, 5) is 24.0. The van der Waals surface area contributed by atoms with Gasteiger partial charge in [-0.2, -0.15) is 0 Å². The van der Waals surface area contributed by atoms with Crippen molar-refractivity contribution in [2.45, 2.75) is 39.0 Å². The molecule has 2 rings (SSSR count). The Hall–Kier alpha value is -1.58. The predicted molar refractivity (Wildman–Crippen MR) is 74.9 cm³/mol. The maximum Gasteiger partial charge on any atom is 0.335 e. The maximum atomic E-state index is 12.2. The summed E-state index contributed by atoms with van der Waals surface area (Å²) in [6, 6.07) is 0. The molecule has 0 fully saturated rings. The summed E-state index contributed by atoms with van der Waals surface area (Å²) in [5, 5.41) is 0. The van der Waals surface area contributed by atoms with E-state index in [1.165, 1.54) is 7.11 Å². The van der Waals surface area contributed by atoms with Gasteiger partial charge in [-0.3, -0.25) is 0 Å².